The zero-order valence-corrected chi connectivity index (χ0v) is 17.5. The second-order valence-corrected chi connectivity index (χ2v) is 7.48. The van der Waals surface area contributed by atoms with Crippen LogP contribution in [0.3, 0.4) is 0 Å². The maximum atomic E-state index is 12.5. The smallest absolute Gasteiger partial charge is 0.405 e. The Bertz CT molecular complexity index is 891. The average molecular weight is 431 g/mol. The van der Waals surface area contributed by atoms with Gasteiger partial charge in [0.15, 0.2) is 0 Å². The minimum Gasteiger partial charge on any atom is -0.465 e. The molecule has 160 valence electrons. The molecule has 3 amide bonds. The molecule has 0 aliphatic heterocycles. The zero-order chi connectivity index (χ0) is 21.9. The second-order valence-electron chi connectivity index (χ2n) is 6.60. The number of nitrogens with two attached hydrogens (primary N) is 1. The van der Waals surface area contributed by atoms with Gasteiger partial charge in [0, 0.05) is 17.0 Å². The van der Waals surface area contributed by atoms with Crippen molar-refractivity contribution in [1.82, 2.24) is 5.32 Å². The molecule has 8 nitrogen and oxygen atoms in total. The summed E-state index contributed by atoms with van der Waals surface area (Å²) in [5.41, 5.74) is 7.44. The Labute approximate surface area is 179 Å². The normalized spacial score (nSPS) is 11.4. The third kappa shape index (κ3) is 7.67. The van der Waals surface area contributed by atoms with E-state index in [0.29, 0.717) is 29.9 Å². The zero-order valence-electron chi connectivity index (χ0n) is 16.7. The molecule has 2 rings (SSSR count). The summed E-state index contributed by atoms with van der Waals surface area (Å²) < 4.78 is 0. The monoisotopic (exact) mass is 430 g/mol. The number of thioether (sulfide) groups is 1. The number of unbranched alkanes of at least 4 members (excludes halogenated alkanes) is 1. The van der Waals surface area contributed by atoms with Gasteiger partial charge in [0.2, 0.25) is 11.8 Å². The van der Waals surface area contributed by atoms with Gasteiger partial charge in [-0.2, -0.15) is 0 Å². The van der Waals surface area contributed by atoms with E-state index in [1.165, 1.54) is 0 Å². The predicted octanol–water partition coefficient (Wildman–Crippen LogP) is 3.76. The minimum atomic E-state index is -1.27. The molecule has 6 N–H and O–H groups in total. The molecule has 0 heterocycles. The van der Waals surface area contributed by atoms with Crippen molar-refractivity contribution in [3.05, 3.63) is 48.5 Å². The number of benzene rings is 2. The molecular formula is C21H26N4O4S. The maximum Gasteiger partial charge on any atom is 0.405 e. The van der Waals surface area contributed by atoms with Gasteiger partial charge in [-0.1, -0.05) is 24.6 Å². The highest BCUT2D eigenvalue weighted by Crippen LogP contribution is 2.20. The first-order valence-corrected chi connectivity index (χ1v) is 10.7. The van der Waals surface area contributed by atoms with Crippen LogP contribution in [0.4, 0.5) is 21.9 Å². The van der Waals surface area contributed by atoms with Gasteiger partial charge in [0.25, 0.3) is 0 Å². The number of carboxylic acid groups (broad SMARTS) is 1. The first-order valence-electron chi connectivity index (χ1n) is 9.47. The SMILES string of the molecule is CSc1cccc(NC(=O)C(CCCCC(=O)Nc2ccccc2N)NC(=O)O)c1. The summed E-state index contributed by atoms with van der Waals surface area (Å²) >= 11 is 1.54. The molecular weight excluding hydrogens is 404 g/mol. The molecule has 0 fully saturated rings. The Morgan fingerprint density at radius 3 is 2.53 bits per heavy atom. The standard InChI is InChI=1S/C21H26N4O4S/c1-30-15-8-6-7-14(13-15)23-20(27)18(25-21(28)29)11-4-5-12-19(26)24-17-10-3-2-9-16(17)22/h2-3,6-10,13,18,25H,4-5,11-12,22H2,1H3,(H,23,27)(H,24,26)(H,28,29). The summed E-state index contributed by atoms with van der Waals surface area (Å²) in [7, 11) is 0. The minimum absolute atomic E-state index is 0.186. The van der Waals surface area contributed by atoms with Gasteiger partial charge in [-0.25, -0.2) is 4.79 Å². The van der Waals surface area contributed by atoms with Crippen LogP contribution in [0, 0.1) is 0 Å². The van der Waals surface area contributed by atoms with Crippen LogP contribution in [0.25, 0.3) is 0 Å². The number of anilines is 3. The third-order valence-electron chi connectivity index (χ3n) is 4.33. The third-order valence-corrected chi connectivity index (χ3v) is 5.06. The number of hydrogen-bond donors (Lipinski definition) is 5. The van der Waals surface area contributed by atoms with E-state index in [4.69, 9.17) is 10.8 Å². The van der Waals surface area contributed by atoms with Crippen molar-refractivity contribution in [2.24, 2.45) is 0 Å². The van der Waals surface area contributed by atoms with Gasteiger partial charge in [-0.3, -0.25) is 9.59 Å². The molecule has 0 saturated carbocycles. The van der Waals surface area contributed by atoms with Crippen LogP contribution in [0.15, 0.2) is 53.4 Å². The average Bonchev–Trinajstić information content (AvgIpc) is 2.71. The van der Waals surface area contributed by atoms with Gasteiger partial charge in [0.05, 0.1) is 11.4 Å². The van der Waals surface area contributed by atoms with Crippen molar-refractivity contribution in [2.45, 2.75) is 36.6 Å². The summed E-state index contributed by atoms with van der Waals surface area (Å²) in [4.78, 5) is 36.6. The highest BCUT2D eigenvalue weighted by molar-refractivity contribution is 7.98. The molecule has 2 aromatic rings. The summed E-state index contributed by atoms with van der Waals surface area (Å²) in [5, 5.41) is 16.8. The number of nitrogen functional groups attached to an aromatic ring is 1. The second kappa shape index (κ2) is 11.7. The van der Waals surface area contributed by atoms with Crippen LogP contribution >= 0.6 is 11.8 Å². The number of para-hydroxylation sites is 2. The highest BCUT2D eigenvalue weighted by atomic mass is 32.2. The Balaban J connectivity index is 1.83. The number of carbonyl (C=O) groups excluding carboxylic acids is 2. The molecule has 1 atom stereocenters. The molecule has 0 bridgehead atoms. The van der Waals surface area contributed by atoms with Crippen molar-refractivity contribution < 1.29 is 19.5 Å². The van der Waals surface area contributed by atoms with Crippen molar-refractivity contribution >= 4 is 46.7 Å². The van der Waals surface area contributed by atoms with Gasteiger partial charge in [-0.15, -0.1) is 11.8 Å². The van der Waals surface area contributed by atoms with Crippen molar-refractivity contribution in [1.29, 1.82) is 0 Å². The van der Waals surface area contributed by atoms with Gasteiger partial charge < -0.3 is 26.8 Å². The van der Waals surface area contributed by atoms with E-state index < -0.39 is 18.0 Å². The van der Waals surface area contributed by atoms with E-state index in [-0.39, 0.29) is 18.7 Å². The maximum absolute atomic E-state index is 12.5. The lowest BCUT2D eigenvalue weighted by atomic mass is 10.1. The lowest BCUT2D eigenvalue weighted by Gasteiger charge is -2.17. The summed E-state index contributed by atoms with van der Waals surface area (Å²) in [6.07, 6.45) is 2.18. The molecule has 30 heavy (non-hydrogen) atoms. The molecule has 0 saturated heterocycles. The largest absolute Gasteiger partial charge is 0.465 e. The van der Waals surface area contributed by atoms with Crippen LogP contribution in [0.5, 0.6) is 0 Å². The van der Waals surface area contributed by atoms with E-state index in [2.05, 4.69) is 16.0 Å². The summed E-state index contributed by atoms with van der Waals surface area (Å²) in [6, 6.07) is 13.4. The fourth-order valence-electron chi connectivity index (χ4n) is 2.81. The summed E-state index contributed by atoms with van der Waals surface area (Å²) in [5.74, 6) is -0.619. The lowest BCUT2D eigenvalue weighted by molar-refractivity contribution is -0.118. The predicted molar refractivity (Wildman–Crippen MR) is 120 cm³/mol. The number of nitrogens with one attached hydrogen (secondary N) is 3. The van der Waals surface area contributed by atoms with Crippen molar-refractivity contribution in [3.8, 4) is 0 Å². The van der Waals surface area contributed by atoms with E-state index in [1.807, 2.05) is 24.5 Å². The number of rotatable bonds is 10. The summed E-state index contributed by atoms with van der Waals surface area (Å²) in [6.45, 7) is 0. The fourth-order valence-corrected chi connectivity index (χ4v) is 3.27. The first-order chi connectivity index (χ1) is 14.4. The van der Waals surface area contributed by atoms with E-state index >= 15 is 0 Å². The molecule has 0 aliphatic rings. The Morgan fingerprint density at radius 2 is 1.83 bits per heavy atom. The molecule has 0 aliphatic carbocycles. The van der Waals surface area contributed by atoms with Gasteiger partial charge in [-0.05, 0) is 49.4 Å². The van der Waals surface area contributed by atoms with Crippen molar-refractivity contribution in [2.75, 3.05) is 22.6 Å². The van der Waals surface area contributed by atoms with Gasteiger partial charge in [0.1, 0.15) is 6.04 Å². The lowest BCUT2D eigenvalue weighted by Crippen LogP contribution is -2.43. The molecule has 2 aromatic carbocycles. The van der Waals surface area contributed by atoms with Crippen LogP contribution in [0.1, 0.15) is 25.7 Å². The Morgan fingerprint density at radius 1 is 1.07 bits per heavy atom. The van der Waals surface area contributed by atoms with Crippen molar-refractivity contribution in [3.63, 3.8) is 0 Å². The van der Waals surface area contributed by atoms with E-state index in [9.17, 15) is 14.4 Å². The number of amides is 3. The highest BCUT2D eigenvalue weighted by Gasteiger charge is 2.20. The molecule has 0 radical (unpaired) electrons. The number of hydrogen-bond acceptors (Lipinski definition) is 5. The molecule has 0 aromatic heterocycles. The van der Waals surface area contributed by atoms with Crippen LogP contribution in [-0.4, -0.2) is 35.3 Å². The molecule has 1 unspecified atom stereocenters. The Kier molecular flexibility index (Phi) is 9.02. The molecule has 9 heteroatoms. The van der Waals surface area contributed by atoms with Gasteiger partial charge >= 0.3 is 6.09 Å². The van der Waals surface area contributed by atoms with E-state index in [0.717, 1.165) is 4.90 Å². The van der Waals surface area contributed by atoms with Crippen LogP contribution in [0.2, 0.25) is 0 Å². The Hall–Kier alpha value is -3.20. The fraction of sp³-hybridized carbons (Fsp3) is 0.286. The van der Waals surface area contributed by atoms with Crippen LogP contribution in [-0.2, 0) is 9.59 Å². The quantitative estimate of drug-likeness (QED) is 0.221. The molecule has 0 spiro atoms. The van der Waals surface area contributed by atoms with E-state index in [1.54, 1.807) is 42.1 Å². The number of carbonyl (C=O) groups is 3. The first kappa shape index (κ1) is 23.1. The van der Waals surface area contributed by atoms with Crippen LogP contribution < -0.4 is 21.7 Å². The topological polar surface area (TPSA) is 134 Å².